The van der Waals surface area contributed by atoms with E-state index in [1.165, 1.54) is 17.7 Å². The largest absolute Gasteiger partial charge is 0.354 e. The summed E-state index contributed by atoms with van der Waals surface area (Å²) in [7, 11) is 0. The number of amides is 2. The van der Waals surface area contributed by atoms with Crippen LogP contribution in [-0.2, 0) is 29.0 Å². The minimum atomic E-state index is -0.608. The fraction of sp³-hybridized carbons (Fsp3) is 0.440. The first-order valence-electron chi connectivity index (χ1n) is 10.7. The highest BCUT2D eigenvalue weighted by Crippen LogP contribution is 2.14. The molecule has 30 heavy (non-hydrogen) atoms. The van der Waals surface area contributed by atoms with Gasteiger partial charge in [0.15, 0.2) is 0 Å². The van der Waals surface area contributed by atoms with E-state index >= 15 is 0 Å². The second kappa shape index (κ2) is 11.5. The highest BCUT2D eigenvalue weighted by molar-refractivity contribution is 5.87. The minimum Gasteiger partial charge on any atom is -0.354 e. The zero-order chi connectivity index (χ0) is 22.1. The van der Waals surface area contributed by atoms with Crippen LogP contribution in [0.1, 0.15) is 50.8 Å². The Morgan fingerprint density at radius 2 is 1.50 bits per heavy atom. The van der Waals surface area contributed by atoms with E-state index in [1.807, 2.05) is 13.8 Å². The van der Waals surface area contributed by atoms with E-state index in [0.717, 1.165) is 17.5 Å². The van der Waals surface area contributed by atoms with Gasteiger partial charge in [-0.15, -0.1) is 0 Å². The maximum absolute atomic E-state index is 13.3. The van der Waals surface area contributed by atoms with Crippen molar-refractivity contribution in [3.05, 3.63) is 71.0 Å². The molecule has 0 saturated carbocycles. The number of carbonyl (C=O) groups excluding carboxylic acids is 2. The van der Waals surface area contributed by atoms with Crippen molar-refractivity contribution in [3.8, 4) is 0 Å². The SMILES string of the molecule is CCc1ccc(CCC(=O)N(Cc2ccc(F)cc2)C(C)C(=O)NCC(C)C)cc1. The normalized spacial score (nSPS) is 11.9. The van der Waals surface area contributed by atoms with Crippen LogP contribution in [0.4, 0.5) is 4.39 Å². The molecule has 0 bridgehead atoms. The molecular formula is C25H33FN2O2. The van der Waals surface area contributed by atoms with Crippen LogP contribution in [0.3, 0.4) is 0 Å². The molecule has 0 saturated heterocycles. The molecule has 0 aliphatic rings. The number of rotatable bonds is 10. The van der Waals surface area contributed by atoms with E-state index in [-0.39, 0.29) is 24.2 Å². The topological polar surface area (TPSA) is 49.4 Å². The Morgan fingerprint density at radius 1 is 0.933 bits per heavy atom. The molecule has 0 radical (unpaired) electrons. The van der Waals surface area contributed by atoms with E-state index in [0.29, 0.717) is 25.3 Å². The number of benzene rings is 2. The van der Waals surface area contributed by atoms with Crippen molar-refractivity contribution in [3.63, 3.8) is 0 Å². The van der Waals surface area contributed by atoms with E-state index in [4.69, 9.17) is 0 Å². The summed E-state index contributed by atoms with van der Waals surface area (Å²) >= 11 is 0. The lowest BCUT2D eigenvalue weighted by Gasteiger charge is -2.29. The molecule has 2 aromatic rings. The van der Waals surface area contributed by atoms with Crippen LogP contribution in [0.2, 0.25) is 0 Å². The highest BCUT2D eigenvalue weighted by Gasteiger charge is 2.26. The summed E-state index contributed by atoms with van der Waals surface area (Å²) in [6, 6.07) is 13.7. The third-order valence-corrected chi connectivity index (χ3v) is 5.18. The molecule has 0 fully saturated rings. The van der Waals surface area contributed by atoms with Gasteiger partial charge in [0.05, 0.1) is 0 Å². The van der Waals surface area contributed by atoms with Gasteiger partial charge in [-0.25, -0.2) is 4.39 Å². The van der Waals surface area contributed by atoms with Crippen molar-refractivity contribution < 1.29 is 14.0 Å². The molecule has 162 valence electrons. The molecule has 5 heteroatoms. The molecule has 2 aromatic carbocycles. The predicted octanol–water partition coefficient (Wildman–Crippen LogP) is 4.51. The Bertz CT molecular complexity index is 816. The number of nitrogens with one attached hydrogen (secondary N) is 1. The summed E-state index contributed by atoms with van der Waals surface area (Å²) < 4.78 is 13.3. The minimum absolute atomic E-state index is 0.0916. The summed E-state index contributed by atoms with van der Waals surface area (Å²) in [6.07, 6.45) is 1.91. The Balaban J connectivity index is 2.10. The molecule has 2 rings (SSSR count). The van der Waals surface area contributed by atoms with Crippen LogP contribution < -0.4 is 5.32 Å². The number of aryl methyl sites for hydroxylation is 2. The first-order chi connectivity index (χ1) is 14.3. The van der Waals surface area contributed by atoms with Crippen molar-refractivity contribution >= 4 is 11.8 Å². The zero-order valence-electron chi connectivity index (χ0n) is 18.5. The predicted molar refractivity (Wildman–Crippen MR) is 118 cm³/mol. The number of halogens is 1. The smallest absolute Gasteiger partial charge is 0.242 e. The third-order valence-electron chi connectivity index (χ3n) is 5.18. The molecule has 4 nitrogen and oxygen atoms in total. The molecule has 1 N–H and O–H groups in total. The number of hydrogen-bond acceptors (Lipinski definition) is 2. The van der Waals surface area contributed by atoms with Crippen molar-refractivity contribution in [1.29, 1.82) is 0 Å². The standard InChI is InChI=1S/C25H33FN2O2/c1-5-20-6-8-21(9-7-20)12-15-24(29)28(17-22-10-13-23(26)14-11-22)19(4)25(30)27-16-18(2)3/h6-11,13-14,18-19H,5,12,15-17H2,1-4H3,(H,27,30). The summed E-state index contributed by atoms with van der Waals surface area (Å²) in [5.74, 6) is -0.263. The highest BCUT2D eigenvalue weighted by atomic mass is 19.1. The Kier molecular flexibility index (Phi) is 9.03. The van der Waals surface area contributed by atoms with E-state index in [2.05, 4.69) is 36.5 Å². The van der Waals surface area contributed by atoms with E-state index < -0.39 is 6.04 Å². The number of nitrogens with zero attached hydrogens (tertiary/aromatic N) is 1. The molecule has 2 amide bonds. The van der Waals surface area contributed by atoms with Gasteiger partial charge >= 0.3 is 0 Å². The Hall–Kier alpha value is -2.69. The van der Waals surface area contributed by atoms with Gasteiger partial charge in [0, 0.05) is 19.5 Å². The molecular weight excluding hydrogens is 379 g/mol. The fourth-order valence-corrected chi connectivity index (χ4v) is 3.16. The van der Waals surface area contributed by atoms with E-state index in [9.17, 15) is 14.0 Å². The summed E-state index contributed by atoms with van der Waals surface area (Å²) in [6.45, 7) is 8.73. The third kappa shape index (κ3) is 7.29. The lowest BCUT2D eigenvalue weighted by Crippen LogP contribution is -2.48. The molecule has 0 aromatic heterocycles. The lowest BCUT2D eigenvalue weighted by molar-refractivity contribution is -0.140. The first-order valence-corrected chi connectivity index (χ1v) is 10.7. The van der Waals surface area contributed by atoms with Gasteiger partial charge in [-0.3, -0.25) is 9.59 Å². The maximum atomic E-state index is 13.3. The number of hydrogen-bond donors (Lipinski definition) is 1. The second-order valence-corrected chi connectivity index (χ2v) is 8.13. The molecule has 0 aliphatic heterocycles. The molecule has 0 spiro atoms. The average molecular weight is 413 g/mol. The average Bonchev–Trinajstić information content (AvgIpc) is 2.75. The molecule has 1 unspecified atom stereocenters. The van der Waals surface area contributed by atoms with Gasteiger partial charge in [0.2, 0.25) is 11.8 Å². The van der Waals surface area contributed by atoms with Gasteiger partial charge in [-0.2, -0.15) is 0 Å². The zero-order valence-corrected chi connectivity index (χ0v) is 18.5. The van der Waals surface area contributed by atoms with Crippen molar-refractivity contribution in [2.24, 2.45) is 5.92 Å². The van der Waals surface area contributed by atoms with Crippen molar-refractivity contribution in [1.82, 2.24) is 10.2 Å². The van der Waals surface area contributed by atoms with E-state index in [1.54, 1.807) is 24.0 Å². The Labute approximate surface area is 179 Å². The van der Waals surface area contributed by atoms with Gasteiger partial charge in [-0.05, 0) is 54.5 Å². The van der Waals surface area contributed by atoms with Crippen LogP contribution in [0.25, 0.3) is 0 Å². The first kappa shape index (κ1) is 23.6. The van der Waals surface area contributed by atoms with Gasteiger partial charge in [0.25, 0.3) is 0 Å². The monoisotopic (exact) mass is 412 g/mol. The summed E-state index contributed by atoms with van der Waals surface area (Å²) in [4.78, 5) is 27.3. The van der Waals surface area contributed by atoms with Crippen molar-refractivity contribution in [2.45, 2.75) is 59.5 Å². The van der Waals surface area contributed by atoms with Crippen molar-refractivity contribution in [2.75, 3.05) is 6.54 Å². The van der Waals surface area contributed by atoms with Crippen LogP contribution >= 0.6 is 0 Å². The van der Waals surface area contributed by atoms with Crippen LogP contribution in [0.5, 0.6) is 0 Å². The van der Waals surface area contributed by atoms with Crippen LogP contribution in [-0.4, -0.2) is 29.3 Å². The van der Waals surface area contributed by atoms with Crippen LogP contribution in [0, 0.1) is 11.7 Å². The summed E-state index contributed by atoms with van der Waals surface area (Å²) in [5, 5.41) is 2.91. The molecule has 0 aliphatic carbocycles. The number of carbonyl (C=O) groups is 2. The van der Waals surface area contributed by atoms with Gasteiger partial charge < -0.3 is 10.2 Å². The molecule has 1 atom stereocenters. The van der Waals surface area contributed by atoms with Gasteiger partial charge in [0.1, 0.15) is 11.9 Å². The molecule has 0 heterocycles. The Morgan fingerprint density at radius 3 is 2.07 bits per heavy atom. The maximum Gasteiger partial charge on any atom is 0.242 e. The summed E-state index contributed by atoms with van der Waals surface area (Å²) in [5.41, 5.74) is 3.15. The lowest BCUT2D eigenvalue weighted by atomic mass is 10.0. The second-order valence-electron chi connectivity index (χ2n) is 8.13. The van der Waals surface area contributed by atoms with Crippen LogP contribution in [0.15, 0.2) is 48.5 Å². The quantitative estimate of drug-likeness (QED) is 0.624. The van der Waals surface area contributed by atoms with Gasteiger partial charge in [-0.1, -0.05) is 57.2 Å². The fourth-order valence-electron chi connectivity index (χ4n) is 3.16.